The van der Waals surface area contributed by atoms with Gasteiger partial charge in [-0.25, -0.2) is 9.97 Å². The van der Waals surface area contributed by atoms with Crippen molar-refractivity contribution < 1.29 is 0 Å². The molecule has 1 aliphatic carbocycles. The number of hydrogen-bond acceptors (Lipinski definition) is 3. The van der Waals surface area contributed by atoms with Crippen molar-refractivity contribution in [3.8, 4) is 0 Å². The van der Waals surface area contributed by atoms with Crippen molar-refractivity contribution in [3.05, 3.63) is 17.1 Å². The lowest BCUT2D eigenvalue weighted by Gasteiger charge is -2.22. The molecule has 1 heterocycles. The summed E-state index contributed by atoms with van der Waals surface area (Å²) in [4.78, 5) is 9.47. The van der Waals surface area contributed by atoms with Crippen LogP contribution in [0.2, 0.25) is 0 Å². The normalized spacial score (nSPS) is 17.1. The van der Waals surface area contributed by atoms with Crippen LogP contribution in [0.5, 0.6) is 0 Å². The second-order valence-electron chi connectivity index (χ2n) is 4.94. The molecule has 0 unspecified atom stereocenters. The predicted octanol–water partition coefficient (Wildman–Crippen LogP) is 3.44. The molecule has 2 rings (SSSR count). The van der Waals surface area contributed by atoms with Gasteiger partial charge < -0.3 is 5.32 Å². The molecule has 17 heavy (non-hydrogen) atoms. The molecular weight excluding hydrogens is 210 g/mol. The highest BCUT2D eigenvalue weighted by Gasteiger charge is 2.20. The van der Waals surface area contributed by atoms with Gasteiger partial charge in [0, 0.05) is 24.2 Å². The average molecular weight is 233 g/mol. The zero-order chi connectivity index (χ0) is 12.3. The van der Waals surface area contributed by atoms with Gasteiger partial charge in [0.2, 0.25) is 0 Å². The summed E-state index contributed by atoms with van der Waals surface area (Å²) >= 11 is 0. The molecule has 0 aromatic carbocycles. The van der Waals surface area contributed by atoms with Crippen LogP contribution in [0.1, 0.15) is 62.0 Å². The third-order valence-electron chi connectivity index (χ3n) is 3.81. The average Bonchev–Trinajstić information content (AvgIpc) is 2.40. The van der Waals surface area contributed by atoms with E-state index in [0.717, 1.165) is 18.1 Å². The highest BCUT2D eigenvalue weighted by atomic mass is 15.0. The largest absolute Gasteiger partial charge is 0.373 e. The van der Waals surface area contributed by atoms with Crippen LogP contribution in [-0.4, -0.2) is 17.0 Å². The van der Waals surface area contributed by atoms with Gasteiger partial charge in [0.25, 0.3) is 0 Å². The first kappa shape index (κ1) is 12.3. The van der Waals surface area contributed by atoms with Crippen molar-refractivity contribution in [1.29, 1.82) is 0 Å². The SMILES string of the molecule is CCc1nc(C2CCCCC2)nc(NC)c1C. The van der Waals surface area contributed by atoms with Gasteiger partial charge in [-0.15, -0.1) is 0 Å². The van der Waals surface area contributed by atoms with Gasteiger partial charge in [-0.3, -0.25) is 0 Å². The van der Waals surface area contributed by atoms with Crippen molar-refractivity contribution in [2.45, 2.75) is 58.3 Å². The van der Waals surface area contributed by atoms with Crippen LogP contribution in [-0.2, 0) is 6.42 Å². The zero-order valence-corrected chi connectivity index (χ0v) is 11.2. The molecule has 0 radical (unpaired) electrons. The van der Waals surface area contributed by atoms with Crippen LogP contribution in [0.4, 0.5) is 5.82 Å². The molecule has 1 N–H and O–H groups in total. The number of nitrogens with zero attached hydrogens (tertiary/aromatic N) is 2. The maximum Gasteiger partial charge on any atom is 0.134 e. The van der Waals surface area contributed by atoms with Crippen LogP contribution >= 0.6 is 0 Å². The van der Waals surface area contributed by atoms with Crippen molar-refractivity contribution in [2.75, 3.05) is 12.4 Å². The fourth-order valence-corrected chi connectivity index (χ4v) is 2.71. The van der Waals surface area contributed by atoms with Crippen LogP contribution in [0, 0.1) is 6.92 Å². The third-order valence-corrected chi connectivity index (χ3v) is 3.81. The monoisotopic (exact) mass is 233 g/mol. The van der Waals surface area contributed by atoms with E-state index in [1.165, 1.54) is 43.4 Å². The van der Waals surface area contributed by atoms with E-state index in [1.807, 2.05) is 7.05 Å². The van der Waals surface area contributed by atoms with E-state index in [4.69, 9.17) is 9.97 Å². The van der Waals surface area contributed by atoms with Gasteiger partial charge in [0.1, 0.15) is 11.6 Å². The molecule has 3 heteroatoms. The molecule has 1 fully saturated rings. The summed E-state index contributed by atoms with van der Waals surface area (Å²) in [7, 11) is 1.94. The van der Waals surface area contributed by atoms with Gasteiger partial charge in [-0.05, 0) is 26.2 Å². The molecule has 94 valence electrons. The van der Waals surface area contributed by atoms with Crippen LogP contribution in [0.3, 0.4) is 0 Å². The standard InChI is InChI=1S/C14H23N3/c1-4-12-10(2)13(15-3)17-14(16-12)11-8-6-5-7-9-11/h11H,4-9H2,1-3H3,(H,15,16,17). The first-order valence-corrected chi connectivity index (χ1v) is 6.81. The Bertz CT molecular complexity index is 356. The molecular formula is C14H23N3. The number of rotatable bonds is 3. The number of anilines is 1. The molecule has 0 bridgehead atoms. The number of aryl methyl sites for hydroxylation is 1. The van der Waals surface area contributed by atoms with Crippen molar-refractivity contribution in [2.24, 2.45) is 0 Å². The van der Waals surface area contributed by atoms with E-state index < -0.39 is 0 Å². The van der Waals surface area contributed by atoms with E-state index in [9.17, 15) is 0 Å². The lowest BCUT2D eigenvalue weighted by atomic mass is 9.88. The summed E-state index contributed by atoms with van der Waals surface area (Å²) in [6, 6.07) is 0. The highest BCUT2D eigenvalue weighted by molar-refractivity contribution is 5.45. The lowest BCUT2D eigenvalue weighted by Crippen LogP contribution is -2.13. The van der Waals surface area contributed by atoms with E-state index in [2.05, 4.69) is 19.2 Å². The Labute approximate surface area is 104 Å². The molecule has 0 atom stereocenters. The Morgan fingerprint density at radius 1 is 1.18 bits per heavy atom. The predicted molar refractivity (Wildman–Crippen MR) is 71.5 cm³/mol. The Morgan fingerprint density at radius 2 is 1.88 bits per heavy atom. The van der Waals surface area contributed by atoms with Gasteiger partial charge in [0.05, 0.1) is 0 Å². The Morgan fingerprint density at radius 3 is 2.47 bits per heavy atom. The molecule has 1 saturated carbocycles. The minimum Gasteiger partial charge on any atom is -0.373 e. The minimum absolute atomic E-state index is 0.585. The Hall–Kier alpha value is -1.12. The lowest BCUT2D eigenvalue weighted by molar-refractivity contribution is 0.428. The maximum absolute atomic E-state index is 4.77. The van der Waals surface area contributed by atoms with Gasteiger partial charge in [-0.2, -0.15) is 0 Å². The minimum atomic E-state index is 0.585. The Balaban J connectivity index is 2.33. The van der Waals surface area contributed by atoms with E-state index in [-0.39, 0.29) is 0 Å². The van der Waals surface area contributed by atoms with Crippen LogP contribution in [0.15, 0.2) is 0 Å². The van der Waals surface area contributed by atoms with Gasteiger partial charge >= 0.3 is 0 Å². The summed E-state index contributed by atoms with van der Waals surface area (Å²) in [5, 5.41) is 3.20. The number of nitrogens with one attached hydrogen (secondary N) is 1. The molecule has 3 nitrogen and oxygen atoms in total. The summed E-state index contributed by atoms with van der Waals surface area (Å²) < 4.78 is 0. The number of aromatic nitrogens is 2. The second kappa shape index (κ2) is 5.48. The van der Waals surface area contributed by atoms with Crippen LogP contribution < -0.4 is 5.32 Å². The summed E-state index contributed by atoms with van der Waals surface area (Å²) in [6.07, 6.45) is 7.55. The van der Waals surface area contributed by atoms with E-state index in [1.54, 1.807) is 0 Å². The van der Waals surface area contributed by atoms with Crippen molar-refractivity contribution >= 4 is 5.82 Å². The molecule has 0 saturated heterocycles. The molecule has 0 spiro atoms. The topological polar surface area (TPSA) is 37.8 Å². The van der Waals surface area contributed by atoms with Crippen LogP contribution in [0.25, 0.3) is 0 Å². The molecule has 0 amide bonds. The number of hydrogen-bond donors (Lipinski definition) is 1. The van der Waals surface area contributed by atoms with Gasteiger partial charge in [0.15, 0.2) is 0 Å². The third kappa shape index (κ3) is 2.59. The smallest absolute Gasteiger partial charge is 0.134 e. The van der Waals surface area contributed by atoms with E-state index in [0.29, 0.717) is 5.92 Å². The quantitative estimate of drug-likeness (QED) is 0.869. The van der Waals surface area contributed by atoms with Crippen molar-refractivity contribution in [1.82, 2.24) is 9.97 Å². The fourth-order valence-electron chi connectivity index (χ4n) is 2.71. The first-order chi connectivity index (χ1) is 8.26. The molecule has 0 aliphatic heterocycles. The molecule has 1 aromatic heterocycles. The molecule has 1 aliphatic rings. The van der Waals surface area contributed by atoms with Gasteiger partial charge in [-0.1, -0.05) is 26.2 Å². The summed E-state index contributed by atoms with van der Waals surface area (Å²) in [5.41, 5.74) is 2.40. The summed E-state index contributed by atoms with van der Waals surface area (Å²) in [6.45, 7) is 4.27. The van der Waals surface area contributed by atoms with Crippen molar-refractivity contribution in [3.63, 3.8) is 0 Å². The maximum atomic E-state index is 4.77. The zero-order valence-electron chi connectivity index (χ0n) is 11.2. The first-order valence-electron chi connectivity index (χ1n) is 6.81. The highest BCUT2D eigenvalue weighted by Crippen LogP contribution is 2.32. The Kier molecular flexibility index (Phi) is 3.97. The fraction of sp³-hybridized carbons (Fsp3) is 0.714. The van der Waals surface area contributed by atoms with E-state index >= 15 is 0 Å². The summed E-state index contributed by atoms with van der Waals surface area (Å²) in [5.74, 6) is 2.66. The second-order valence-corrected chi connectivity index (χ2v) is 4.94. The molecule has 1 aromatic rings.